The van der Waals surface area contributed by atoms with Crippen molar-refractivity contribution in [2.45, 2.75) is 13.0 Å². The summed E-state index contributed by atoms with van der Waals surface area (Å²) >= 11 is 5.81. The summed E-state index contributed by atoms with van der Waals surface area (Å²) in [4.78, 5) is 0. The van der Waals surface area contributed by atoms with Crippen LogP contribution in [0.2, 0.25) is 5.02 Å². The lowest BCUT2D eigenvalue weighted by molar-refractivity contribution is 0.132. The van der Waals surface area contributed by atoms with Crippen LogP contribution in [0.3, 0.4) is 0 Å². The number of rotatable bonds is 3. The minimum absolute atomic E-state index is 0.200. The molecule has 0 radical (unpaired) electrons. The third kappa shape index (κ3) is 2.34. The van der Waals surface area contributed by atoms with Crippen LogP contribution in [-0.2, 0) is 0 Å². The lowest BCUT2D eigenvalue weighted by atomic mass is 10.1. The van der Waals surface area contributed by atoms with E-state index in [1.54, 1.807) is 25.3 Å². The van der Waals surface area contributed by atoms with Crippen molar-refractivity contribution in [1.82, 2.24) is 5.48 Å². The highest BCUT2D eigenvalue weighted by molar-refractivity contribution is 6.30. The molecule has 4 heteroatoms. The summed E-state index contributed by atoms with van der Waals surface area (Å²) in [5.74, 6) is 0.707. The van der Waals surface area contributed by atoms with Gasteiger partial charge in [0.15, 0.2) is 0 Å². The molecule has 0 bridgehead atoms. The number of methoxy groups -OCH3 is 1. The Morgan fingerprint density at radius 2 is 2.23 bits per heavy atom. The molecule has 0 amide bonds. The van der Waals surface area contributed by atoms with Gasteiger partial charge in [0.2, 0.25) is 0 Å². The Morgan fingerprint density at radius 1 is 1.54 bits per heavy atom. The molecule has 0 aliphatic rings. The van der Waals surface area contributed by atoms with Crippen molar-refractivity contribution in [3.8, 4) is 5.75 Å². The number of nitrogens with one attached hydrogen (secondary N) is 1. The van der Waals surface area contributed by atoms with Gasteiger partial charge in [0, 0.05) is 10.6 Å². The van der Waals surface area contributed by atoms with Crippen molar-refractivity contribution >= 4 is 11.6 Å². The summed E-state index contributed by atoms with van der Waals surface area (Å²) in [6.07, 6.45) is 0. The predicted molar refractivity (Wildman–Crippen MR) is 51.3 cm³/mol. The van der Waals surface area contributed by atoms with E-state index in [2.05, 4.69) is 5.48 Å². The fraction of sp³-hybridized carbons (Fsp3) is 0.333. The van der Waals surface area contributed by atoms with E-state index in [0.717, 1.165) is 5.56 Å². The zero-order chi connectivity index (χ0) is 9.84. The molecule has 13 heavy (non-hydrogen) atoms. The molecule has 1 rings (SSSR count). The van der Waals surface area contributed by atoms with Gasteiger partial charge in [-0.25, -0.2) is 0 Å². The number of halogens is 1. The first-order chi connectivity index (χ1) is 6.19. The average Bonchev–Trinajstić information content (AvgIpc) is 2.16. The summed E-state index contributed by atoms with van der Waals surface area (Å²) in [5.41, 5.74) is 2.98. The third-order valence-corrected chi connectivity index (χ3v) is 2.09. The molecule has 1 aromatic rings. The molecule has 1 unspecified atom stereocenters. The lowest BCUT2D eigenvalue weighted by Crippen LogP contribution is -2.14. The van der Waals surface area contributed by atoms with Gasteiger partial charge in [-0.2, -0.15) is 5.48 Å². The minimum atomic E-state index is -0.200. The molecule has 72 valence electrons. The molecule has 0 aliphatic heterocycles. The quantitative estimate of drug-likeness (QED) is 0.738. The van der Waals surface area contributed by atoms with Gasteiger partial charge in [0.1, 0.15) is 5.75 Å². The maximum absolute atomic E-state index is 8.75. The Balaban J connectivity index is 3.07. The first kappa shape index (κ1) is 10.3. The van der Waals surface area contributed by atoms with Crippen LogP contribution in [0, 0.1) is 0 Å². The Bertz CT molecular complexity index is 291. The second-order valence-electron chi connectivity index (χ2n) is 2.74. The van der Waals surface area contributed by atoms with E-state index in [0.29, 0.717) is 10.8 Å². The molecular formula is C9H12ClNO2. The van der Waals surface area contributed by atoms with Gasteiger partial charge in [0.25, 0.3) is 0 Å². The molecule has 0 heterocycles. The monoisotopic (exact) mass is 201 g/mol. The van der Waals surface area contributed by atoms with Crippen molar-refractivity contribution in [2.75, 3.05) is 7.11 Å². The molecule has 3 nitrogen and oxygen atoms in total. The van der Waals surface area contributed by atoms with Crippen molar-refractivity contribution in [3.63, 3.8) is 0 Å². The van der Waals surface area contributed by atoms with E-state index in [-0.39, 0.29) is 6.04 Å². The largest absolute Gasteiger partial charge is 0.496 e. The third-order valence-electron chi connectivity index (χ3n) is 1.85. The Morgan fingerprint density at radius 3 is 2.77 bits per heavy atom. The fourth-order valence-electron chi connectivity index (χ4n) is 1.11. The van der Waals surface area contributed by atoms with E-state index in [9.17, 15) is 0 Å². The standard InChI is InChI=1S/C9H12ClNO2/c1-6(11-12)8-5-7(10)3-4-9(8)13-2/h3-6,11-12H,1-2H3. The predicted octanol–water partition coefficient (Wildman–Crippen LogP) is 2.39. The van der Waals surface area contributed by atoms with E-state index in [4.69, 9.17) is 21.5 Å². The highest BCUT2D eigenvalue weighted by atomic mass is 35.5. The highest BCUT2D eigenvalue weighted by Crippen LogP contribution is 2.27. The molecule has 0 saturated carbocycles. The summed E-state index contributed by atoms with van der Waals surface area (Å²) in [6, 6.07) is 5.07. The van der Waals surface area contributed by atoms with Crippen LogP contribution < -0.4 is 10.2 Å². The van der Waals surface area contributed by atoms with Gasteiger partial charge >= 0.3 is 0 Å². The van der Waals surface area contributed by atoms with Crippen molar-refractivity contribution < 1.29 is 9.94 Å². The van der Waals surface area contributed by atoms with Gasteiger partial charge in [-0.3, -0.25) is 0 Å². The molecular weight excluding hydrogens is 190 g/mol. The molecule has 0 fully saturated rings. The maximum Gasteiger partial charge on any atom is 0.123 e. The SMILES string of the molecule is COc1ccc(Cl)cc1C(C)NO. The molecule has 1 aromatic carbocycles. The van der Waals surface area contributed by atoms with E-state index in [1.807, 2.05) is 6.92 Å². The number of benzene rings is 1. The number of hydrogen-bond donors (Lipinski definition) is 2. The molecule has 2 N–H and O–H groups in total. The van der Waals surface area contributed by atoms with Gasteiger partial charge in [-0.15, -0.1) is 0 Å². The second kappa shape index (κ2) is 4.46. The summed E-state index contributed by atoms with van der Waals surface area (Å²) < 4.78 is 5.11. The van der Waals surface area contributed by atoms with Gasteiger partial charge in [-0.1, -0.05) is 11.6 Å². The van der Waals surface area contributed by atoms with Crippen molar-refractivity contribution in [3.05, 3.63) is 28.8 Å². The Hall–Kier alpha value is -0.770. The number of hydrogen-bond acceptors (Lipinski definition) is 3. The smallest absolute Gasteiger partial charge is 0.123 e. The molecule has 0 saturated heterocycles. The molecule has 0 spiro atoms. The highest BCUT2D eigenvalue weighted by Gasteiger charge is 2.10. The van der Waals surface area contributed by atoms with Gasteiger partial charge in [-0.05, 0) is 25.1 Å². The lowest BCUT2D eigenvalue weighted by Gasteiger charge is -2.13. The van der Waals surface area contributed by atoms with Crippen LogP contribution in [0.5, 0.6) is 5.75 Å². The number of ether oxygens (including phenoxy) is 1. The molecule has 1 atom stereocenters. The van der Waals surface area contributed by atoms with Crippen LogP contribution in [0.15, 0.2) is 18.2 Å². The van der Waals surface area contributed by atoms with Crippen molar-refractivity contribution in [1.29, 1.82) is 0 Å². The van der Waals surface area contributed by atoms with Crippen LogP contribution in [0.1, 0.15) is 18.5 Å². The summed E-state index contributed by atoms with van der Waals surface area (Å²) in [7, 11) is 1.58. The van der Waals surface area contributed by atoms with Gasteiger partial charge < -0.3 is 9.94 Å². The van der Waals surface area contributed by atoms with E-state index >= 15 is 0 Å². The second-order valence-corrected chi connectivity index (χ2v) is 3.17. The molecule has 0 aromatic heterocycles. The van der Waals surface area contributed by atoms with Crippen molar-refractivity contribution in [2.24, 2.45) is 0 Å². The summed E-state index contributed by atoms with van der Waals surface area (Å²) in [5, 5.41) is 9.37. The first-order valence-electron chi connectivity index (χ1n) is 3.92. The van der Waals surface area contributed by atoms with E-state index < -0.39 is 0 Å². The van der Waals surface area contributed by atoms with Crippen LogP contribution in [0.4, 0.5) is 0 Å². The van der Waals surface area contributed by atoms with Gasteiger partial charge in [0.05, 0.1) is 13.2 Å². The Labute approximate surface area is 82.2 Å². The zero-order valence-corrected chi connectivity index (χ0v) is 8.30. The van der Waals surface area contributed by atoms with Crippen LogP contribution >= 0.6 is 11.6 Å². The van der Waals surface area contributed by atoms with E-state index in [1.165, 1.54) is 0 Å². The zero-order valence-electron chi connectivity index (χ0n) is 7.54. The Kier molecular flexibility index (Phi) is 3.54. The average molecular weight is 202 g/mol. The maximum atomic E-state index is 8.75. The first-order valence-corrected chi connectivity index (χ1v) is 4.30. The summed E-state index contributed by atoms with van der Waals surface area (Å²) in [6.45, 7) is 1.81. The topological polar surface area (TPSA) is 41.5 Å². The van der Waals surface area contributed by atoms with Crippen LogP contribution in [0.25, 0.3) is 0 Å². The molecule has 0 aliphatic carbocycles. The van der Waals surface area contributed by atoms with Crippen LogP contribution in [-0.4, -0.2) is 12.3 Å². The normalized spacial score (nSPS) is 12.6. The minimum Gasteiger partial charge on any atom is -0.496 e. The fourth-order valence-corrected chi connectivity index (χ4v) is 1.29. The number of hydroxylamine groups is 1.